The first-order valence-electron chi connectivity index (χ1n) is 14.3. The summed E-state index contributed by atoms with van der Waals surface area (Å²) in [5.41, 5.74) is 6.52. The Bertz CT molecular complexity index is 1450. The molecule has 1 heterocycles. The average Bonchev–Trinajstić information content (AvgIpc) is 3.30. The first-order valence-corrected chi connectivity index (χ1v) is 15.1. The van der Waals surface area contributed by atoms with Crippen molar-refractivity contribution in [2.45, 2.75) is 72.3 Å². The number of fused-ring (bicyclic) bond motifs is 1. The molecule has 0 saturated heterocycles. The molecule has 0 bridgehead atoms. The highest BCUT2D eigenvalue weighted by molar-refractivity contribution is 7.17. The number of carbonyl (C=O) groups excluding carboxylic acids is 3. The third-order valence-corrected chi connectivity index (χ3v) is 8.35. The molecule has 222 valence electrons. The molecule has 0 saturated carbocycles. The third-order valence-electron chi connectivity index (χ3n) is 7.18. The second kappa shape index (κ2) is 13.3. The van der Waals surface area contributed by atoms with E-state index in [9.17, 15) is 14.4 Å². The molecule has 42 heavy (non-hydrogen) atoms. The summed E-state index contributed by atoms with van der Waals surface area (Å²) >= 11 is 1.45. The van der Waals surface area contributed by atoms with Gasteiger partial charge in [0.1, 0.15) is 10.8 Å². The number of nitrogens with one attached hydrogen (secondary N) is 2. The van der Waals surface area contributed by atoms with Crippen molar-refractivity contribution < 1.29 is 23.9 Å². The van der Waals surface area contributed by atoms with Crippen molar-refractivity contribution in [2.24, 2.45) is 11.0 Å². The van der Waals surface area contributed by atoms with Crippen molar-refractivity contribution >= 4 is 40.3 Å². The van der Waals surface area contributed by atoms with Crippen molar-refractivity contribution in [3.05, 3.63) is 81.2 Å². The van der Waals surface area contributed by atoms with Crippen LogP contribution in [0.2, 0.25) is 0 Å². The number of hydrogen-bond donors (Lipinski definition) is 2. The molecule has 2 N–H and O–H groups in total. The predicted octanol–water partition coefficient (Wildman–Crippen LogP) is 6.52. The number of esters is 1. The smallest absolute Gasteiger partial charge is 0.341 e. The van der Waals surface area contributed by atoms with Gasteiger partial charge in [0.2, 0.25) is 0 Å². The maximum absolute atomic E-state index is 13.1. The predicted molar refractivity (Wildman–Crippen MR) is 167 cm³/mol. The highest BCUT2D eigenvalue weighted by Crippen LogP contribution is 2.40. The summed E-state index contributed by atoms with van der Waals surface area (Å²) in [6.07, 6.45) is 3.46. The molecule has 0 aliphatic heterocycles. The molecule has 8 nitrogen and oxygen atoms in total. The number of amides is 2. The van der Waals surface area contributed by atoms with E-state index in [0.29, 0.717) is 27.8 Å². The standard InChI is InChI=1S/C33H39N3O5S/c1-7-40-32(39)28-26-17-8-20(2)18-27(26)42-31(28)35-30(38)23-11-15-25(16-12-23)41-21(3)29(37)36-34-19-22-9-13-24(14-10-22)33(4,5)6/h9-16,19-21H,7-8,17-18H2,1-6H3,(H,35,38)(H,36,37)/b34-19-/t20-,21+/m1/s1. The normalized spacial score (nSPS) is 15.5. The molecule has 1 aliphatic rings. The number of ether oxygens (including phenoxy) is 2. The number of anilines is 1. The Labute approximate surface area is 251 Å². The van der Waals surface area contributed by atoms with E-state index in [1.54, 1.807) is 44.3 Å². The Balaban J connectivity index is 1.34. The van der Waals surface area contributed by atoms with Crippen molar-refractivity contribution in [3.8, 4) is 5.75 Å². The molecule has 2 aromatic carbocycles. The summed E-state index contributed by atoms with van der Waals surface area (Å²) in [7, 11) is 0. The monoisotopic (exact) mass is 589 g/mol. The fourth-order valence-electron chi connectivity index (χ4n) is 4.71. The lowest BCUT2D eigenvalue weighted by Crippen LogP contribution is -2.33. The Morgan fingerprint density at radius 2 is 1.79 bits per heavy atom. The van der Waals surface area contributed by atoms with E-state index < -0.39 is 18.0 Å². The Kier molecular flexibility index (Phi) is 9.83. The molecular weight excluding hydrogens is 550 g/mol. The fourth-order valence-corrected chi connectivity index (χ4v) is 6.10. The maximum atomic E-state index is 13.1. The number of rotatable bonds is 9. The van der Waals surface area contributed by atoms with Crippen molar-refractivity contribution in [2.75, 3.05) is 11.9 Å². The van der Waals surface area contributed by atoms with E-state index >= 15 is 0 Å². The summed E-state index contributed by atoms with van der Waals surface area (Å²) in [5.74, 6) is -0.178. The zero-order valence-electron chi connectivity index (χ0n) is 25.1. The number of carbonyl (C=O) groups is 3. The highest BCUT2D eigenvalue weighted by atomic mass is 32.1. The van der Waals surface area contributed by atoms with Gasteiger partial charge in [0.25, 0.3) is 11.8 Å². The van der Waals surface area contributed by atoms with Crippen LogP contribution in [-0.2, 0) is 27.8 Å². The lowest BCUT2D eigenvalue weighted by Gasteiger charge is -2.18. The van der Waals surface area contributed by atoms with Gasteiger partial charge < -0.3 is 14.8 Å². The second-order valence-corrected chi connectivity index (χ2v) is 12.7. The molecule has 0 radical (unpaired) electrons. The van der Waals surface area contributed by atoms with Gasteiger partial charge in [0.05, 0.1) is 18.4 Å². The average molecular weight is 590 g/mol. The van der Waals surface area contributed by atoms with E-state index in [1.165, 1.54) is 16.9 Å². The van der Waals surface area contributed by atoms with Crippen molar-refractivity contribution in [1.82, 2.24) is 5.43 Å². The second-order valence-electron chi connectivity index (χ2n) is 11.6. The van der Waals surface area contributed by atoms with Gasteiger partial charge in [-0.25, -0.2) is 10.2 Å². The summed E-state index contributed by atoms with van der Waals surface area (Å²) in [5, 5.41) is 7.49. The van der Waals surface area contributed by atoms with Crippen LogP contribution < -0.4 is 15.5 Å². The van der Waals surface area contributed by atoms with Crippen LogP contribution in [0.5, 0.6) is 5.75 Å². The Hall–Kier alpha value is -3.98. The van der Waals surface area contributed by atoms with Crippen LogP contribution in [-0.4, -0.2) is 36.7 Å². The van der Waals surface area contributed by atoms with Crippen molar-refractivity contribution in [3.63, 3.8) is 0 Å². The van der Waals surface area contributed by atoms with Crippen molar-refractivity contribution in [1.29, 1.82) is 0 Å². The zero-order valence-corrected chi connectivity index (χ0v) is 25.9. The Morgan fingerprint density at radius 1 is 1.10 bits per heavy atom. The summed E-state index contributed by atoms with van der Waals surface area (Å²) in [6.45, 7) is 12.3. The molecule has 3 aromatic rings. The number of thiophene rings is 1. The van der Waals surface area contributed by atoms with Gasteiger partial charge in [0, 0.05) is 10.4 Å². The minimum Gasteiger partial charge on any atom is -0.481 e. The molecule has 0 fully saturated rings. The van der Waals surface area contributed by atoms with Crippen LogP contribution in [0.3, 0.4) is 0 Å². The van der Waals surface area contributed by atoms with Gasteiger partial charge in [-0.1, -0.05) is 52.0 Å². The lowest BCUT2D eigenvalue weighted by atomic mass is 9.87. The molecular formula is C33H39N3O5S. The zero-order chi connectivity index (χ0) is 30.4. The first-order chi connectivity index (χ1) is 20.0. The fraction of sp³-hybridized carbons (Fsp3) is 0.394. The van der Waals surface area contributed by atoms with Gasteiger partial charge in [-0.2, -0.15) is 5.10 Å². The van der Waals surface area contributed by atoms with Gasteiger partial charge in [-0.3, -0.25) is 9.59 Å². The van der Waals surface area contributed by atoms with E-state index in [4.69, 9.17) is 9.47 Å². The molecule has 2 amide bonds. The molecule has 2 atom stereocenters. The summed E-state index contributed by atoms with van der Waals surface area (Å²) in [6, 6.07) is 14.5. The minimum absolute atomic E-state index is 0.0643. The van der Waals surface area contributed by atoms with E-state index in [2.05, 4.69) is 43.5 Å². The van der Waals surface area contributed by atoms with Crippen LogP contribution >= 0.6 is 11.3 Å². The van der Waals surface area contributed by atoms with Gasteiger partial charge in [-0.15, -0.1) is 11.3 Å². The van der Waals surface area contributed by atoms with Crippen LogP contribution in [0.4, 0.5) is 5.00 Å². The molecule has 1 aliphatic carbocycles. The third kappa shape index (κ3) is 7.64. The van der Waals surface area contributed by atoms with Gasteiger partial charge in [0.15, 0.2) is 6.10 Å². The Morgan fingerprint density at radius 3 is 2.43 bits per heavy atom. The SMILES string of the molecule is CCOC(=O)c1c(NC(=O)c2ccc(O[C@@H](C)C(=O)N/N=C\c3ccc(C(C)(C)C)cc3)cc2)sc2c1CC[C@@H](C)C2. The number of hydrazone groups is 1. The topological polar surface area (TPSA) is 106 Å². The van der Waals surface area contributed by atoms with E-state index in [-0.39, 0.29) is 17.9 Å². The largest absolute Gasteiger partial charge is 0.481 e. The molecule has 0 spiro atoms. The molecule has 9 heteroatoms. The number of nitrogens with zero attached hydrogens (tertiary/aromatic N) is 1. The number of benzene rings is 2. The van der Waals surface area contributed by atoms with Gasteiger partial charge in [-0.05, 0) is 85.4 Å². The van der Waals surface area contributed by atoms with Crippen LogP contribution in [0.25, 0.3) is 0 Å². The highest BCUT2D eigenvalue weighted by Gasteiger charge is 2.29. The van der Waals surface area contributed by atoms with E-state index in [1.807, 2.05) is 24.3 Å². The summed E-state index contributed by atoms with van der Waals surface area (Å²) in [4.78, 5) is 39.5. The molecule has 0 unspecified atom stereocenters. The number of hydrogen-bond acceptors (Lipinski definition) is 7. The quantitative estimate of drug-likeness (QED) is 0.168. The molecule has 1 aromatic heterocycles. The van der Waals surface area contributed by atoms with Crippen LogP contribution in [0.1, 0.15) is 90.2 Å². The first kappa shape index (κ1) is 31.0. The lowest BCUT2D eigenvalue weighted by molar-refractivity contribution is -0.127. The van der Waals surface area contributed by atoms with Gasteiger partial charge >= 0.3 is 5.97 Å². The molecule has 4 rings (SSSR count). The van der Waals surface area contributed by atoms with E-state index in [0.717, 1.165) is 35.3 Å². The minimum atomic E-state index is -0.808. The maximum Gasteiger partial charge on any atom is 0.341 e. The summed E-state index contributed by atoms with van der Waals surface area (Å²) < 4.78 is 11.1. The van der Waals surface area contributed by atoms with Crippen LogP contribution in [0.15, 0.2) is 53.6 Å². The van der Waals surface area contributed by atoms with Crippen LogP contribution in [0, 0.1) is 5.92 Å².